The Bertz CT molecular complexity index is 3160. The van der Waals surface area contributed by atoms with Crippen molar-refractivity contribution in [3.8, 4) is 11.1 Å². The minimum absolute atomic E-state index is 0.561. The van der Waals surface area contributed by atoms with Crippen LogP contribution in [0.3, 0.4) is 0 Å². The zero-order chi connectivity index (χ0) is 50.6. The highest BCUT2D eigenvalue weighted by molar-refractivity contribution is 5.93. The molecule has 74 heavy (non-hydrogen) atoms. The summed E-state index contributed by atoms with van der Waals surface area (Å²) in [6.45, 7) is 5.55. The van der Waals surface area contributed by atoms with Crippen molar-refractivity contribution in [2.45, 2.75) is 27.1 Å². The van der Waals surface area contributed by atoms with E-state index in [4.69, 9.17) is 9.47 Å². The van der Waals surface area contributed by atoms with E-state index in [-0.39, 0.29) is 0 Å². The highest BCUT2D eigenvalue weighted by Gasteiger charge is 2.19. The van der Waals surface area contributed by atoms with Gasteiger partial charge in [0.25, 0.3) is 0 Å². The van der Waals surface area contributed by atoms with Crippen LogP contribution in [-0.4, -0.2) is 14.2 Å². The molecule has 0 heterocycles. The van der Waals surface area contributed by atoms with Crippen molar-refractivity contribution >= 4 is 57.4 Å². The number of rotatable bonds is 17. The lowest BCUT2D eigenvalue weighted by atomic mass is 9.95. The van der Waals surface area contributed by atoms with Gasteiger partial charge in [0.05, 0.1) is 13.2 Å². The van der Waals surface area contributed by atoms with Crippen molar-refractivity contribution in [3.63, 3.8) is 0 Å². The molecule has 10 aromatic carbocycles. The van der Waals surface area contributed by atoms with E-state index in [0.29, 0.717) is 13.2 Å². The lowest BCUT2D eigenvalue weighted by molar-refractivity contribution is 0.185. The molecule has 0 fully saturated rings. The highest BCUT2D eigenvalue weighted by Crippen LogP contribution is 2.42. The van der Waals surface area contributed by atoms with Gasteiger partial charge in [-0.1, -0.05) is 182 Å². The van der Waals surface area contributed by atoms with Gasteiger partial charge in [0.1, 0.15) is 0 Å². The van der Waals surface area contributed by atoms with Crippen LogP contribution in [-0.2, 0) is 22.7 Å². The van der Waals surface area contributed by atoms with Gasteiger partial charge in [-0.15, -0.1) is 0 Å². The van der Waals surface area contributed by atoms with Crippen molar-refractivity contribution in [3.05, 3.63) is 310 Å². The Morgan fingerprint density at radius 3 is 0.892 bits per heavy atom. The number of aryl methyl sites for hydroxylation is 2. The van der Waals surface area contributed by atoms with Crippen molar-refractivity contribution in [1.29, 1.82) is 0 Å². The molecule has 0 saturated carbocycles. The number of hydrogen-bond donors (Lipinski definition) is 0. The molecular formula is C70H60N2O2. The topological polar surface area (TPSA) is 24.9 Å². The molecule has 362 valence electrons. The molecule has 0 bridgehead atoms. The first-order valence-electron chi connectivity index (χ1n) is 25.3. The molecule has 10 aromatic rings. The van der Waals surface area contributed by atoms with Crippen molar-refractivity contribution in [2.24, 2.45) is 0 Å². The van der Waals surface area contributed by atoms with Gasteiger partial charge in [-0.05, 0) is 177 Å². The summed E-state index contributed by atoms with van der Waals surface area (Å²) in [4.78, 5) is 4.71. The van der Waals surface area contributed by atoms with Crippen LogP contribution >= 0.6 is 0 Å². The van der Waals surface area contributed by atoms with E-state index in [1.165, 1.54) is 44.5 Å². The maximum Gasteiger partial charge on any atom is 0.0713 e. The number of benzene rings is 10. The van der Waals surface area contributed by atoms with Crippen LogP contribution in [0, 0.1) is 13.8 Å². The first kappa shape index (κ1) is 48.8. The number of nitrogens with zero attached hydrogens (tertiary/aromatic N) is 2. The van der Waals surface area contributed by atoms with Gasteiger partial charge in [0, 0.05) is 48.3 Å². The standard InChI is InChI=1S/C70H60N2O2/c1-51-45-61(33-43-69(51)71(65-39-29-55(30-40-65)49-73-3)63-35-25-53(26-36-63)47-67(57-17-9-5-10-18-57)58-19-11-6-12-20-58)62-34-44-70(52(2)46-62)72(66-41-31-56(32-42-66)50-74-4)64-37-27-54(28-38-64)48-68(59-21-13-7-14-22-59)60-23-15-8-16-24-60/h5-48H,49-50H2,1-4H3. The minimum Gasteiger partial charge on any atom is -0.380 e. The van der Waals surface area contributed by atoms with Crippen molar-refractivity contribution in [1.82, 2.24) is 0 Å². The van der Waals surface area contributed by atoms with Crippen LogP contribution in [0.25, 0.3) is 34.4 Å². The third-order valence-electron chi connectivity index (χ3n) is 13.5. The molecular weight excluding hydrogens is 901 g/mol. The molecule has 0 atom stereocenters. The monoisotopic (exact) mass is 960 g/mol. The Hall–Kier alpha value is -8.80. The third-order valence-corrected chi connectivity index (χ3v) is 13.5. The second-order valence-corrected chi connectivity index (χ2v) is 18.6. The van der Waals surface area contributed by atoms with Crippen molar-refractivity contribution in [2.75, 3.05) is 24.0 Å². The zero-order valence-electron chi connectivity index (χ0n) is 42.5. The van der Waals surface area contributed by atoms with E-state index in [0.717, 1.165) is 67.5 Å². The molecule has 0 aliphatic carbocycles. The fourth-order valence-corrected chi connectivity index (χ4v) is 9.75. The van der Waals surface area contributed by atoms with Gasteiger partial charge < -0.3 is 19.3 Å². The van der Waals surface area contributed by atoms with E-state index < -0.39 is 0 Å². The lowest BCUT2D eigenvalue weighted by Gasteiger charge is -2.28. The fourth-order valence-electron chi connectivity index (χ4n) is 9.75. The average molecular weight is 961 g/mol. The summed E-state index contributed by atoms with van der Waals surface area (Å²) < 4.78 is 11.0. The predicted molar refractivity (Wildman–Crippen MR) is 312 cm³/mol. The van der Waals surface area contributed by atoms with Crippen LogP contribution in [0.15, 0.2) is 255 Å². The van der Waals surface area contributed by atoms with Gasteiger partial charge in [0.15, 0.2) is 0 Å². The van der Waals surface area contributed by atoms with Crippen LogP contribution in [0.5, 0.6) is 0 Å². The second kappa shape index (κ2) is 23.2. The average Bonchev–Trinajstić information content (AvgIpc) is 3.46. The summed E-state index contributed by atoms with van der Waals surface area (Å²) >= 11 is 0. The summed E-state index contributed by atoms with van der Waals surface area (Å²) in [5.41, 5.74) is 22.8. The zero-order valence-corrected chi connectivity index (χ0v) is 42.5. The molecule has 10 rings (SSSR count). The van der Waals surface area contributed by atoms with E-state index in [2.05, 4.69) is 291 Å². The van der Waals surface area contributed by atoms with E-state index >= 15 is 0 Å². The summed E-state index contributed by atoms with van der Waals surface area (Å²) in [7, 11) is 3.47. The number of methoxy groups -OCH3 is 2. The molecule has 0 aliphatic rings. The van der Waals surface area contributed by atoms with Gasteiger partial charge in [-0.25, -0.2) is 0 Å². The maximum atomic E-state index is 5.48. The normalized spacial score (nSPS) is 10.9. The molecule has 0 aliphatic heterocycles. The van der Waals surface area contributed by atoms with Crippen molar-refractivity contribution < 1.29 is 9.47 Å². The summed E-state index contributed by atoms with van der Waals surface area (Å²) in [6.07, 6.45) is 4.57. The number of hydrogen-bond acceptors (Lipinski definition) is 4. The molecule has 0 N–H and O–H groups in total. The second-order valence-electron chi connectivity index (χ2n) is 18.6. The van der Waals surface area contributed by atoms with Crippen LogP contribution in [0.4, 0.5) is 34.1 Å². The number of ether oxygens (including phenoxy) is 2. The molecule has 0 aromatic heterocycles. The Kier molecular flexibility index (Phi) is 15.3. The molecule has 4 heteroatoms. The largest absolute Gasteiger partial charge is 0.380 e. The fraction of sp³-hybridized carbons (Fsp3) is 0.0857. The number of anilines is 6. The Morgan fingerprint density at radius 1 is 0.338 bits per heavy atom. The predicted octanol–water partition coefficient (Wildman–Crippen LogP) is 18.4. The first-order chi connectivity index (χ1) is 36.4. The first-order valence-corrected chi connectivity index (χ1v) is 25.3. The van der Waals surface area contributed by atoms with E-state index in [9.17, 15) is 0 Å². The van der Waals surface area contributed by atoms with Gasteiger partial charge >= 0.3 is 0 Å². The molecule has 0 spiro atoms. The van der Waals surface area contributed by atoms with E-state index in [1.54, 1.807) is 14.2 Å². The Labute approximate surface area is 437 Å². The molecule has 0 radical (unpaired) electrons. The Balaban J connectivity index is 0.978. The third kappa shape index (κ3) is 11.3. The quantitative estimate of drug-likeness (QED) is 0.0849. The minimum atomic E-state index is 0.561. The van der Waals surface area contributed by atoms with Gasteiger partial charge in [-0.2, -0.15) is 0 Å². The highest BCUT2D eigenvalue weighted by atomic mass is 16.5. The SMILES string of the molecule is COCc1ccc(N(c2ccc(C=C(c3ccccc3)c3ccccc3)cc2)c2ccc(-c3ccc(N(c4ccc(C=C(c5ccccc5)c5ccccc5)cc4)c4ccc(COC)cc4)c(C)c3)cc2C)cc1. The lowest BCUT2D eigenvalue weighted by Crippen LogP contribution is -2.12. The maximum absolute atomic E-state index is 5.48. The van der Waals surface area contributed by atoms with E-state index in [1.807, 2.05) is 0 Å². The molecule has 0 saturated heterocycles. The van der Waals surface area contributed by atoms with Gasteiger partial charge in [0.2, 0.25) is 0 Å². The van der Waals surface area contributed by atoms with Gasteiger partial charge in [-0.3, -0.25) is 0 Å². The Morgan fingerprint density at radius 2 is 0.622 bits per heavy atom. The molecule has 0 amide bonds. The molecule has 4 nitrogen and oxygen atoms in total. The van der Waals surface area contributed by atoms with Crippen LogP contribution in [0.1, 0.15) is 55.6 Å². The summed E-state index contributed by atoms with van der Waals surface area (Å²) in [5.74, 6) is 0. The van der Waals surface area contributed by atoms with Crippen LogP contribution < -0.4 is 9.80 Å². The smallest absolute Gasteiger partial charge is 0.0713 e. The summed E-state index contributed by atoms with van der Waals surface area (Å²) in [6, 6.07) is 91.3. The van der Waals surface area contributed by atoms with Crippen LogP contribution in [0.2, 0.25) is 0 Å². The summed E-state index contributed by atoms with van der Waals surface area (Å²) in [5, 5.41) is 0. The molecule has 0 unspecified atom stereocenters.